The van der Waals surface area contributed by atoms with E-state index < -0.39 is 0 Å². The summed E-state index contributed by atoms with van der Waals surface area (Å²) in [5.41, 5.74) is 2.33. The molecule has 0 amide bonds. The number of H-pyrrole nitrogens is 1. The van der Waals surface area contributed by atoms with Gasteiger partial charge in [-0.15, -0.1) is 0 Å². The fourth-order valence-corrected chi connectivity index (χ4v) is 2.87. The second-order valence-corrected chi connectivity index (χ2v) is 5.34. The Hall–Kier alpha value is -1.39. The molecule has 1 aromatic heterocycles. The molecule has 0 unspecified atom stereocenters. The first kappa shape index (κ1) is 12.6. The predicted molar refractivity (Wildman–Crippen MR) is 76.1 cm³/mol. The van der Waals surface area contributed by atoms with E-state index in [1.807, 2.05) is 6.20 Å². The normalized spacial score (nSPS) is 24.9. The molecule has 102 valence electrons. The average Bonchev–Trinajstić information content (AvgIpc) is 2.90. The van der Waals surface area contributed by atoms with Crippen LogP contribution >= 0.6 is 0 Å². The van der Waals surface area contributed by atoms with Crippen LogP contribution in [0.25, 0.3) is 10.9 Å². The minimum Gasteiger partial charge on any atom is -0.371 e. The molecule has 1 fully saturated rings. The van der Waals surface area contributed by atoms with Gasteiger partial charge in [-0.3, -0.25) is 10.00 Å². The van der Waals surface area contributed by atoms with E-state index >= 15 is 0 Å². The van der Waals surface area contributed by atoms with Crippen LogP contribution in [-0.2, 0) is 4.74 Å². The maximum Gasteiger partial charge on any atom is 0.0959 e. The molecule has 1 aromatic carbocycles. The van der Waals surface area contributed by atoms with Crippen LogP contribution in [0.2, 0.25) is 0 Å². The zero-order chi connectivity index (χ0) is 13.2. The van der Waals surface area contributed by atoms with Gasteiger partial charge in [-0.2, -0.15) is 5.10 Å². The molecule has 0 bridgehead atoms. The van der Waals surface area contributed by atoms with E-state index in [0.29, 0.717) is 6.04 Å². The molecule has 3 rings (SSSR count). The van der Waals surface area contributed by atoms with Gasteiger partial charge >= 0.3 is 0 Å². The fourth-order valence-electron chi connectivity index (χ4n) is 2.87. The number of aromatic amines is 1. The molecule has 2 heterocycles. The van der Waals surface area contributed by atoms with Crippen molar-refractivity contribution < 1.29 is 4.74 Å². The molecule has 2 atom stereocenters. The van der Waals surface area contributed by atoms with Crippen LogP contribution in [0.15, 0.2) is 24.4 Å². The minimum atomic E-state index is 0.157. The molecule has 4 nitrogen and oxygen atoms in total. The Morgan fingerprint density at radius 1 is 1.47 bits per heavy atom. The number of ether oxygens (including phenoxy) is 1. The summed E-state index contributed by atoms with van der Waals surface area (Å²) < 4.78 is 6.05. The van der Waals surface area contributed by atoms with Gasteiger partial charge in [0, 0.05) is 18.0 Å². The van der Waals surface area contributed by atoms with Crippen LogP contribution in [-0.4, -0.2) is 40.8 Å². The summed E-state index contributed by atoms with van der Waals surface area (Å²) in [5, 5.41) is 8.34. The average molecular weight is 259 g/mol. The molecule has 1 aliphatic rings. The third-order valence-electron chi connectivity index (χ3n) is 3.94. The Morgan fingerprint density at radius 2 is 2.37 bits per heavy atom. The SMILES string of the molecule is CCCN1C[C@H](c2cccc3[nH]ncc23)OC[C@@H]1C. The number of benzene rings is 1. The zero-order valence-electron chi connectivity index (χ0n) is 11.6. The lowest BCUT2D eigenvalue weighted by molar-refractivity contribution is -0.0591. The van der Waals surface area contributed by atoms with E-state index in [-0.39, 0.29) is 6.10 Å². The maximum atomic E-state index is 6.05. The number of morpholine rings is 1. The van der Waals surface area contributed by atoms with Crippen molar-refractivity contribution in [2.75, 3.05) is 19.7 Å². The quantitative estimate of drug-likeness (QED) is 0.921. The zero-order valence-corrected chi connectivity index (χ0v) is 11.6. The number of rotatable bonds is 3. The predicted octanol–water partition coefficient (Wildman–Crippen LogP) is 2.73. The summed E-state index contributed by atoms with van der Waals surface area (Å²) in [6, 6.07) is 6.80. The third kappa shape index (κ3) is 2.38. The first-order chi connectivity index (χ1) is 9.29. The van der Waals surface area contributed by atoms with Gasteiger partial charge in [0.25, 0.3) is 0 Å². The van der Waals surface area contributed by atoms with Crippen LogP contribution in [0.5, 0.6) is 0 Å². The van der Waals surface area contributed by atoms with E-state index in [1.165, 1.54) is 17.4 Å². The van der Waals surface area contributed by atoms with Crippen molar-refractivity contribution >= 4 is 10.9 Å². The summed E-state index contributed by atoms with van der Waals surface area (Å²) in [6.07, 6.45) is 3.24. The van der Waals surface area contributed by atoms with Gasteiger partial charge in [-0.05, 0) is 31.5 Å². The Balaban J connectivity index is 1.87. The molecule has 19 heavy (non-hydrogen) atoms. The van der Waals surface area contributed by atoms with Crippen molar-refractivity contribution in [2.45, 2.75) is 32.4 Å². The van der Waals surface area contributed by atoms with Gasteiger partial charge in [0.2, 0.25) is 0 Å². The molecule has 0 saturated carbocycles. The van der Waals surface area contributed by atoms with Gasteiger partial charge in [0.15, 0.2) is 0 Å². The van der Waals surface area contributed by atoms with E-state index in [0.717, 1.165) is 25.2 Å². The van der Waals surface area contributed by atoms with Gasteiger partial charge in [-0.1, -0.05) is 19.1 Å². The molecule has 0 radical (unpaired) electrons. The van der Waals surface area contributed by atoms with Gasteiger partial charge in [0.1, 0.15) is 0 Å². The molecule has 4 heteroatoms. The number of hydrogen-bond acceptors (Lipinski definition) is 3. The molecular weight excluding hydrogens is 238 g/mol. The first-order valence-corrected chi connectivity index (χ1v) is 7.07. The van der Waals surface area contributed by atoms with Crippen molar-refractivity contribution in [3.05, 3.63) is 30.0 Å². The van der Waals surface area contributed by atoms with Crippen LogP contribution in [0.4, 0.5) is 0 Å². The summed E-state index contributed by atoms with van der Waals surface area (Å²) in [4.78, 5) is 2.52. The molecule has 1 N–H and O–H groups in total. The second kappa shape index (κ2) is 5.31. The van der Waals surface area contributed by atoms with Crippen LogP contribution in [0.3, 0.4) is 0 Å². The standard InChI is InChI=1S/C15H21N3O/c1-3-7-18-9-15(19-10-11(18)2)12-5-4-6-14-13(12)8-16-17-14/h4-6,8,11,15H,3,7,9-10H2,1-2H3,(H,16,17)/t11-,15+/m0/s1. The molecule has 1 saturated heterocycles. The highest BCUT2D eigenvalue weighted by Crippen LogP contribution is 2.29. The summed E-state index contributed by atoms with van der Waals surface area (Å²) >= 11 is 0. The fraction of sp³-hybridized carbons (Fsp3) is 0.533. The van der Waals surface area contributed by atoms with Crippen molar-refractivity contribution in [3.63, 3.8) is 0 Å². The highest BCUT2D eigenvalue weighted by molar-refractivity contribution is 5.81. The summed E-state index contributed by atoms with van der Waals surface area (Å²) in [5.74, 6) is 0. The lowest BCUT2D eigenvalue weighted by atomic mass is 10.0. The molecular formula is C15H21N3O. The summed E-state index contributed by atoms with van der Waals surface area (Å²) in [7, 11) is 0. The number of fused-ring (bicyclic) bond motifs is 1. The smallest absolute Gasteiger partial charge is 0.0959 e. The van der Waals surface area contributed by atoms with E-state index in [2.05, 4.69) is 47.1 Å². The minimum absolute atomic E-state index is 0.157. The van der Waals surface area contributed by atoms with Crippen LogP contribution < -0.4 is 0 Å². The lowest BCUT2D eigenvalue weighted by Gasteiger charge is -2.38. The first-order valence-electron chi connectivity index (χ1n) is 7.07. The van der Waals surface area contributed by atoms with Crippen molar-refractivity contribution in [2.24, 2.45) is 0 Å². The largest absolute Gasteiger partial charge is 0.371 e. The molecule has 0 aliphatic carbocycles. The van der Waals surface area contributed by atoms with E-state index in [1.54, 1.807) is 0 Å². The van der Waals surface area contributed by atoms with Crippen LogP contribution in [0, 0.1) is 0 Å². The number of hydrogen-bond donors (Lipinski definition) is 1. The second-order valence-electron chi connectivity index (χ2n) is 5.34. The highest BCUT2D eigenvalue weighted by atomic mass is 16.5. The Bertz CT molecular complexity index is 551. The highest BCUT2D eigenvalue weighted by Gasteiger charge is 2.27. The van der Waals surface area contributed by atoms with Crippen molar-refractivity contribution in [1.82, 2.24) is 15.1 Å². The van der Waals surface area contributed by atoms with E-state index in [9.17, 15) is 0 Å². The topological polar surface area (TPSA) is 41.2 Å². The van der Waals surface area contributed by atoms with Gasteiger partial charge < -0.3 is 4.74 Å². The monoisotopic (exact) mass is 259 g/mol. The Kier molecular flexibility index (Phi) is 3.53. The van der Waals surface area contributed by atoms with Crippen molar-refractivity contribution in [1.29, 1.82) is 0 Å². The molecule has 2 aromatic rings. The number of aromatic nitrogens is 2. The number of nitrogens with one attached hydrogen (secondary N) is 1. The molecule has 1 aliphatic heterocycles. The van der Waals surface area contributed by atoms with Gasteiger partial charge in [0.05, 0.1) is 24.4 Å². The molecule has 0 spiro atoms. The Labute approximate surface area is 113 Å². The van der Waals surface area contributed by atoms with E-state index in [4.69, 9.17) is 4.74 Å². The maximum absolute atomic E-state index is 6.05. The van der Waals surface area contributed by atoms with Crippen LogP contribution in [0.1, 0.15) is 31.9 Å². The summed E-state index contributed by atoms with van der Waals surface area (Å²) in [6.45, 7) is 7.39. The van der Waals surface area contributed by atoms with Crippen molar-refractivity contribution in [3.8, 4) is 0 Å². The third-order valence-corrected chi connectivity index (χ3v) is 3.94. The lowest BCUT2D eigenvalue weighted by Crippen LogP contribution is -2.45. The van der Waals surface area contributed by atoms with Gasteiger partial charge in [-0.25, -0.2) is 0 Å². The Morgan fingerprint density at radius 3 is 3.21 bits per heavy atom. The number of nitrogens with zero attached hydrogens (tertiary/aromatic N) is 2.